The third-order valence-electron chi connectivity index (χ3n) is 6.69. The van der Waals surface area contributed by atoms with Gasteiger partial charge in [0.25, 0.3) is 0 Å². The van der Waals surface area contributed by atoms with Gasteiger partial charge in [-0.1, -0.05) is 72.8 Å². The maximum atomic E-state index is 4.81. The molecular formula is C30H26N4. The fourth-order valence-electron chi connectivity index (χ4n) is 5.18. The summed E-state index contributed by atoms with van der Waals surface area (Å²) >= 11 is 0. The van der Waals surface area contributed by atoms with Gasteiger partial charge in [0, 0.05) is 72.6 Å². The molecule has 4 heteroatoms. The zero-order chi connectivity index (χ0) is 23.4. The van der Waals surface area contributed by atoms with Crippen LogP contribution in [0.4, 0.5) is 11.4 Å². The van der Waals surface area contributed by atoms with Crippen molar-refractivity contribution in [2.75, 3.05) is 38.0 Å². The Morgan fingerprint density at radius 3 is 1.26 bits per heavy atom. The van der Waals surface area contributed by atoms with Gasteiger partial charge in [-0.25, -0.2) is 0 Å². The van der Waals surface area contributed by atoms with Gasteiger partial charge >= 0.3 is 0 Å². The molecule has 0 N–H and O–H groups in total. The summed E-state index contributed by atoms with van der Waals surface area (Å²) in [7, 11) is 8.44. The first-order valence-electron chi connectivity index (χ1n) is 11.5. The Balaban J connectivity index is 1.78. The van der Waals surface area contributed by atoms with E-state index in [2.05, 4.69) is 111 Å². The first-order chi connectivity index (χ1) is 16.6. The number of anilines is 2. The highest BCUT2D eigenvalue weighted by molar-refractivity contribution is 6.25. The predicted octanol–water partition coefficient (Wildman–Crippen LogP) is 6.74. The van der Waals surface area contributed by atoms with Crippen LogP contribution < -0.4 is 9.80 Å². The Hall–Kier alpha value is -4.18. The van der Waals surface area contributed by atoms with Gasteiger partial charge in [0.15, 0.2) is 0 Å². The maximum absolute atomic E-state index is 4.81. The lowest BCUT2D eigenvalue weighted by molar-refractivity contribution is 1.05. The van der Waals surface area contributed by atoms with E-state index in [1.165, 1.54) is 44.4 Å². The van der Waals surface area contributed by atoms with Crippen LogP contribution >= 0.6 is 0 Å². The number of nitrogens with zero attached hydrogens (tertiary/aromatic N) is 4. The average Bonchev–Trinajstić information content (AvgIpc) is 3.20. The number of hydrogen-bond donors (Lipinski definition) is 0. The summed E-state index contributed by atoms with van der Waals surface area (Å²) in [5.41, 5.74) is 11.2. The van der Waals surface area contributed by atoms with Crippen LogP contribution in [0, 0.1) is 0 Å². The predicted molar refractivity (Wildman–Crippen MR) is 143 cm³/mol. The summed E-state index contributed by atoms with van der Waals surface area (Å²) < 4.78 is 0. The van der Waals surface area contributed by atoms with Crippen molar-refractivity contribution in [2.24, 2.45) is 0 Å². The molecule has 0 atom stereocenters. The minimum Gasteiger partial charge on any atom is -0.377 e. The van der Waals surface area contributed by atoms with Crippen molar-refractivity contribution in [3.05, 3.63) is 84.9 Å². The molecule has 0 bridgehead atoms. The fourth-order valence-corrected chi connectivity index (χ4v) is 5.18. The van der Waals surface area contributed by atoms with E-state index in [0.29, 0.717) is 0 Å². The standard InChI is InChI=1S/C30H26N4/c1-33(2)23-17-15-21-25-22(16-18-24(28(23)25)34(3)4)27-26(21)29(19-11-7-5-8-12-19)31-32-30(27)20-13-9-6-10-14-20/h5-18H,1-4H3. The summed E-state index contributed by atoms with van der Waals surface area (Å²) in [6.07, 6.45) is 0. The Kier molecular flexibility index (Phi) is 4.63. The van der Waals surface area contributed by atoms with Crippen LogP contribution in [-0.2, 0) is 0 Å². The van der Waals surface area contributed by atoms with Crippen molar-refractivity contribution in [1.29, 1.82) is 0 Å². The van der Waals surface area contributed by atoms with Crippen molar-refractivity contribution in [1.82, 2.24) is 10.2 Å². The molecule has 0 radical (unpaired) electrons. The van der Waals surface area contributed by atoms with E-state index in [1.54, 1.807) is 0 Å². The van der Waals surface area contributed by atoms with E-state index in [9.17, 15) is 0 Å². The zero-order valence-electron chi connectivity index (χ0n) is 19.9. The Morgan fingerprint density at radius 2 is 0.882 bits per heavy atom. The molecule has 0 aliphatic heterocycles. The van der Waals surface area contributed by atoms with Crippen LogP contribution in [0.2, 0.25) is 0 Å². The molecule has 4 aromatic carbocycles. The number of hydrogen-bond acceptors (Lipinski definition) is 4. The van der Waals surface area contributed by atoms with Crippen LogP contribution in [0.15, 0.2) is 84.9 Å². The first-order valence-corrected chi connectivity index (χ1v) is 11.5. The van der Waals surface area contributed by atoms with Gasteiger partial charge in [-0.3, -0.25) is 0 Å². The van der Waals surface area contributed by atoms with E-state index < -0.39 is 0 Å². The zero-order valence-corrected chi connectivity index (χ0v) is 19.9. The largest absolute Gasteiger partial charge is 0.377 e. The molecule has 6 rings (SSSR count). The molecule has 1 heterocycles. The summed E-state index contributed by atoms with van der Waals surface area (Å²) in [5.74, 6) is 0. The molecule has 0 spiro atoms. The number of aromatic nitrogens is 2. The van der Waals surface area contributed by atoms with E-state index in [-0.39, 0.29) is 0 Å². The maximum Gasteiger partial charge on any atom is 0.101 e. The third-order valence-corrected chi connectivity index (χ3v) is 6.69. The van der Waals surface area contributed by atoms with E-state index in [0.717, 1.165) is 22.5 Å². The van der Waals surface area contributed by atoms with Gasteiger partial charge < -0.3 is 9.80 Å². The molecule has 166 valence electrons. The van der Waals surface area contributed by atoms with Gasteiger partial charge in [0.2, 0.25) is 0 Å². The normalized spacial score (nSPS) is 11.5. The van der Waals surface area contributed by atoms with Gasteiger partial charge in [0.05, 0.1) is 0 Å². The third kappa shape index (κ3) is 2.92. The van der Waals surface area contributed by atoms with Crippen molar-refractivity contribution in [3.63, 3.8) is 0 Å². The highest BCUT2D eigenvalue weighted by Crippen LogP contribution is 2.55. The molecule has 0 unspecified atom stereocenters. The SMILES string of the molecule is CN(C)c1ccc2c3c(ccc(N(C)C)c13)-c1c(-c3ccccc3)nnc(-c3ccccc3)c1-2. The molecule has 0 saturated carbocycles. The van der Waals surface area contributed by atoms with Crippen LogP contribution in [0.25, 0.3) is 55.5 Å². The highest BCUT2D eigenvalue weighted by Gasteiger charge is 2.31. The van der Waals surface area contributed by atoms with Crippen LogP contribution in [0.1, 0.15) is 0 Å². The topological polar surface area (TPSA) is 32.3 Å². The van der Waals surface area contributed by atoms with Crippen LogP contribution in [0.5, 0.6) is 0 Å². The quantitative estimate of drug-likeness (QED) is 0.302. The summed E-state index contributed by atoms with van der Waals surface area (Å²) in [4.78, 5) is 4.40. The van der Waals surface area contributed by atoms with Gasteiger partial charge in [0.1, 0.15) is 11.4 Å². The van der Waals surface area contributed by atoms with Gasteiger partial charge in [-0.15, -0.1) is 10.2 Å². The second-order valence-corrected chi connectivity index (χ2v) is 9.18. The molecule has 1 aromatic heterocycles. The van der Waals surface area contributed by atoms with Crippen LogP contribution in [-0.4, -0.2) is 38.4 Å². The Morgan fingerprint density at radius 1 is 0.471 bits per heavy atom. The minimum atomic E-state index is 0.928. The van der Waals surface area contributed by atoms with Gasteiger partial charge in [-0.2, -0.15) is 0 Å². The lowest BCUT2D eigenvalue weighted by Crippen LogP contribution is -2.13. The van der Waals surface area contributed by atoms with Crippen molar-refractivity contribution in [3.8, 4) is 44.8 Å². The fraction of sp³-hybridized carbons (Fsp3) is 0.133. The summed E-state index contributed by atoms with van der Waals surface area (Å²) in [5, 5.41) is 12.2. The lowest BCUT2D eigenvalue weighted by Gasteiger charge is -2.22. The van der Waals surface area contributed by atoms with Crippen molar-refractivity contribution < 1.29 is 0 Å². The summed E-state index contributed by atoms with van der Waals surface area (Å²) in [6, 6.07) is 29.8. The molecule has 1 aliphatic rings. The first kappa shape index (κ1) is 20.4. The smallest absolute Gasteiger partial charge is 0.101 e. The average molecular weight is 443 g/mol. The van der Waals surface area contributed by atoms with E-state index in [4.69, 9.17) is 10.2 Å². The highest BCUT2D eigenvalue weighted by atomic mass is 15.1. The minimum absolute atomic E-state index is 0.928. The van der Waals surface area contributed by atoms with Crippen molar-refractivity contribution >= 4 is 22.1 Å². The molecule has 4 nitrogen and oxygen atoms in total. The number of rotatable bonds is 4. The molecule has 34 heavy (non-hydrogen) atoms. The molecule has 0 fully saturated rings. The lowest BCUT2D eigenvalue weighted by atomic mass is 9.95. The molecule has 0 saturated heterocycles. The second kappa shape index (κ2) is 7.70. The van der Waals surface area contributed by atoms with E-state index in [1.807, 2.05) is 12.1 Å². The second-order valence-electron chi connectivity index (χ2n) is 9.18. The van der Waals surface area contributed by atoms with E-state index >= 15 is 0 Å². The summed E-state index contributed by atoms with van der Waals surface area (Å²) in [6.45, 7) is 0. The molecule has 0 amide bonds. The number of fused-ring (bicyclic) bond motifs is 3. The van der Waals surface area contributed by atoms with Gasteiger partial charge in [-0.05, 0) is 23.3 Å². The Bertz CT molecular complexity index is 1420. The number of benzene rings is 4. The molecule has 1 aliphatic carbocycles. The Labute approximate surface area is 200 Å². The van der Waals surface area contributed by atoms with Crippen LogP contribution in [0.3, 0.4) is 0 Å². The van der Waals surface area contributed by atoms with Crippen molar-refractivity contribution in [2.45, 2.75) is 0 Å². The monoisotopic (exact) mass is 442 g/mol. The molecular weight excluding hydrogens is 416 g/mol. The molecule has 5 aromatic rings.